The summed E-state index contributed by atoms with van der Waals surface area (Å²) in [6.45, 7) is 0.385. The van der Waals surface area contributed by atoms with Crippen LogP contribution in [0.4, 0.5) is 9.18 Å². The zero-order chi connectivity index (χ0) is 25.7. The van der Waals surface area contributed by atoms with E-state index in [1.807, 2.05) is 42.5 Å². The Hall–Kier alpha value is -4.07. The average molecular weight is 493 g/mol. The van der Waals surface area contributed by atoms with Gasteiger partial charge in [-0.3, -0.25) is 0 Å². The second-order valence-electron chi connectivity index (χ2n) is 8.52. The first-order valence-corrected chi connectivity index (χ1v) is 11.6. The number of fused-ring (bicyclic) bond motifs is 1. The maximum Gasteiger partial charge on any atom is 0.328 e. The number of rotatable bonds is 7. The second-order valence-corrected chi connectivity index (χ2v) is 8.52. The third kappa shape index (κ3) is 5.27. The highest BCUT2D eigenvalue weighted by molar-refractivity contribution is 5.84. The van der Waals surface area contributed by atoms with Crippen LogP contribution >= 0.6 is 0 Å². The van der Waals surface area contributed by atoms with Gasteiger partial charge in [-0.15, -0.1) is 0 Å². The van der Waals surface area contributed by atoms with Crippen LogP contribution in [0.3, 0.4) is 0 Å². The van der Waals surface area contributed by atoms with Gasteiger partial charge in [-0.1, -0.05) is 42.5 Å². The molecule has 1 aliphatic rings. The Balaban J connectivity index is 1.70. The number of carbonyl (C=O) groups excluding carboxylic acids is 2. The molecule has 1 unspecified atom stereocenters. The van der Waals surface area contributed by atoms with E-state index in [1.54, 1.807) is 31.3 Å². The molecule has 3 aromatic rings. The van der Waals surface area contributed by atoms with Crippen molar-refractivity contribution in [1.29, 1.82) is 0 Å². The molecule has 0 radical (unpaired) electrons. The van der Waals surface area contributed by atoms with E-state index in [4.69, 9.17) is 14.2 Å². The summed E-state index contributed by atoms with van der Waals surface area (Å²) in [5.41, 5.74) is 3.47. The Labute approximate surface area is 209 Å². The fourth-order valence-corrected chi connectivity index (χ4v) is 4.59. The molecule has 2 atom stereocenters. The quantitative estimate of drug-likeness (QED) is 0.498. The smallest absolute Gasteiger partial charge is 0.328 e. The molecule has 8 heteroatoms. The number of ether oxygens (including phenoxy) is 3. The molecule has 188 valence electrons. The summed E-state index contributed by atoms with van der Waals surface area (Å²) in [5, 5.41) is 2.86. The Morgan fingerprint density at radius 2 is 1.67 bits per heavy atom. The average Bonchev–Trinajstić information content (AvgIpc) is 2.91. The summed E-state index contributed by atoms with van der Waals surface area (Å²) in [7, 11) is 4.42. The predicted molar refractivity (Wildman–Crippen MR) is 133 cm³/mol. The number of carbonyl (C=O) groups is 2. The molecule has 1 N–H and O–H groups in total. The van der Waals surface area contributed by atoms with Crippen molar-refractivity contribution in [1.82, 2.24) is 10.2 Å². The molecule has 0 aliphatic carbocycles. The molecule has 4 rings (SSSR count). The van der Waals surface area contributed by atoms with E-state index < -0.39 is 24.1 Å². The molecule has 36 heavy (non-hydrogen) atoms. The Morgan fingerprint density at radius 3 is 2.31 bits per heavy atom. The molecule has 1 heterocycles. The minimum atomic E-state index is -0.870. The van der Waals surface area contributed by atoms with Crippen molar-refractivity contribution >= 4 is 12.0 Å². The first-order chi connectivity index (χ1) is 17.4. The van der Waals surface area contributed by atoms with Crippen LogP contribution < -0.4 is 14.8 Å². The lowest BCUT2D eigenvalue weighted by atomic mass is 9.87. The minimum absolute atomic E-state index is 0.288. The lowest BCUT2D eigenvalue weighted by Crippen LogP contribution is -2.52. The van der Waals surface area contributed by atoms with E-state index in [2.05, 4.69) is 5.32 Å². The summed E-state index contributed by atoms with van der Waals surface area (Å²) < 4.78 is 29.7. The number of benzene rings is 3. The molecular formula is C28H29FN2O5. The first-order valence-electron chi connectivity index (χ1n) is 11.6. The third-order valence-corrected chi connectivity index (χ3v) is 6.39. The van der Waals surface area contributed by atoms with Crippen molar-refractivity contribution in [3.05, 3.63) is 94.8 Å². The molecule has 0 bridgehead atoms. The second kappa shape index (κ2) is 11.1. The first kappa shape index (κ1) is 25.0. The summed E-state index contributed by atoms with van der Waals surface area (Å²) in [4.78, 5) is 27.8. The van der Waals surface area contributed by atoms with E-state index in [9.17, 15) is 14.0 Å². The number of halogens is 1. The van der Waals surface area contributed by atoms with Crippen molar-refractivity contribution in [3.63, 3.8) is 0 Å². The topological polar surface area (TPSA) is 77.1 Å². The third-order valence-electron chi connectivity index (χ3n) is 6.39. The Bertz CT molecular complexity index is 1220. The number of urea groups is 1. The van der Waals surface area contributed by atoms with Gasteiger partial charge in [-0.2, -0.15) is 0 Å². The van der Waals surface area contributed by atoms with Crippen molar-refractivity contribution in [2.45, 2.75) is 24.9 Å². The number of amides is 2. The molecule has 1 aliphatic heterocycles. The van der Waals surface area contributed by atoms with Crippen molar-refractivity contribution < 1.29 is 28.2 Å². The van der Waals surface area contributed by atoms with Gasteiger partial charge >= 0.3 is 12.0 Å². The number of hydrogen-bond acceptors (Lipinski definition) is 5. The van der Waals surface area contributed by atoms with E-state index >= 15 is 0 Å². The van der Waals surface area contributed by atoms with Crippen LogP contribution in [-0.2, 0) is 22.4 Å². The molecule has 0 spiro atoms. The summed E-state index contributed by atoms with van der Waals surface area (Å²) in [5.74, 6) is 0.226. The molecule has 2 amide bonds. The minimum Gasteiger partial charge on any atom is -0.493 e. The zero-order valence-electron chi connectivity index (χ0n) is 20.5. The van der Waals surface area contributed by atoms with E-state index in [1.165, 1.54) is 19.2 Å². The van der Waals surface area contributed by atoms with Crippen LogP contribution in [0.5, 0.6) is 11.5 Å². The molecule has 0 saturated carbocycles. The van der Waals surface area contributed by atoms with Crippen molar-refractivity contribution in [3.8, 4) is 11.5 Å². The summed E-state index contributed by atoms with van der Waals surface area (Å²) in [6, 6.07) is 17.4. The van der Waals surface area contributed by atoms with Crippen LogP contribution in [0.25, 0.3) is 0 Å². The van der Waals surface area contributed by atoms with Gasteiger partial charge in [0, 0.05) is 13.0 Å². The van der Waals surface area contributed by atoms with Gasteiger partial charge in [0.15, 0.2) is 11.5 Å². The lowest BCUT2D eigenvalue weighted by Gasteiger charge is -2.38. The van der Waals surface area contributed by atoms with Gasteiger partial charge in [-0.05, 0) is 52.9 Å². The largest absolute Gasteiger partial charge is 0.493 e. The van der Waals surface area contributed by atoms with Gasteiger partial charge in [-0.25, -0.2) is 14.0 Å². The van der Waals surface area contributed by atoms with Crippen LogP contribution in [-0.4, -0.2) is 50.8 Å². The highest BCUT2D eigenvalue weighted by Gasteiger charge is 2.35. The zero-order valence-corrected chi connectivity index (χ0v) is 20.5. The maximum absolute atomic E-state index is 13.7. The lowest BCUT2D eigenvalue weighted by molar-refractivity contribution is -0.142. The predicted octanol–water partition coefficient (Wildman–Crippen LogP) is 4.28. The van der Waals surface area contributed by atoms with Crippen LogP contribution in [0, 0.1) is 5.82 Å². The molecule has 0 saturated heterocycles. The van der Waals surface area contributed by atoms with E-state index in [0.29, 0.717) is 24.5 Å². The monoisotopic (exact) mass is 492 g/mol. The number of nitrogens with one attached hydrogen (secondary N) is 1. The number of hydrogen-bond donors (Lipinski definition) is 1. The van der Waals surface area contributed by atoms with Crippen LogP contribution in [0.2, 0.25) is 0 Å². The molecule has 7 nitrogen and oxygen atoms in total. The van der Waals surface area contributed by atoms with Gasteiger partial charge in [0.2, 0.25) is 0 Å². The molecular weight excluding hydrogens is 463 g/mol. The standard InChI is InChI=1S/C28H29FN2O5/c1-34-24-16-20-13-14-31(26(22(20)17-25(24)35-2)19-9-11-21(29)12-10-19)28(33)30-23(27(32)36-3)15-18-7-5-4-6-8-18/h4-12,16-17,23,26H,13-15H2,1-3H3,(H,30,33)/t23-,26?/m1/s1. The molecule has 0 fully saturated rings. The summed E-state index contributed by atoms with van der Waals surface area (Å²) >= 11 is 0. The van der Waals surface area contributed by atoms with E-state index in [-0.39, 0.29) is 12.2 Å². The van der Waals surface area contributed by atoms with Crippen molar-refractivity contribution in [2.24, 2.45) is 0 Å². The molecule has 0 aromatic heterocycles. The Kier molecular flexibility index (Phi) is 7.73. The number of esters is 1. The van der Waals surface area contributed by atoms with Gasteiger partial charge in [0.1, 0.15) is 11.9 Å². The maximum atomic E-state index is 13.7. The van der Waals surface area contributed by atoms with Crippen molar-refractivity contribution in [2.75, 3.05) is 27.9 Å². The number of methoxy groups -OCH3 is 3. The van der Waals surface area contributed by atoms with Crippen LogP contribution in [0.1, 0.15) is 28.3 Å². The number of nitrogens with zero attached hydrogens (tertiary/aromatic N) is 1. The fraction of sp³-hybridized carbons (Fsp3) is 0.286. The van der Waals surface area contributed by atoms with Crippen LogP contribution in [0.15, 0.2) is 66.7 Å². The Morgan fingerprint density at radius 1 is 1.00 bits per heavy atom. The SMILES string of the molecule is COC(=O)[C@@H](Cc1ccccc1)NC(=O)N1CCc2cc(OC)c(OC)cc2C1c1ccc(F)cc1. The summed E-state index contributed by atoms with van der Waals surface area (Å²) in [6.07, 6.45) is 0.859. The fourth-order valence-electron chi connectivity index (χ4n) is 4.59. The van der Waals surface area contributed by atoms with E-state index in [0.717, 1.165) is 22.3 Å². The molecule has 3 aromatic carbocycles. The van der Waals surface area contributed by atoms with Gasteiger partial charge in [0.25, 0.3) is 0 Å². The highest BCUT2D eigenvalue weighted by Crippen LogP contribution is 2.41. The van der Waals surface area contributed by atoms with Gasteiger partial charge < -0.3 is 24.4 Å². The normalized spacial score (nSPS) is 15.4. The highest BCUT2D eigenvalue weighted by atomic mass is 19.1. The van der Waals surface area contributed by atoms with Gasteiger partial charge in [0.05, 0.1) is 27.4 Å².